The number of hydrogen-bond acceptors (Lipinski definition) is 2. The van der Waals surface area contributed by atoms with E-state index in [0.717, 1.165) is 25.7 Å². The summed E-state index contributed by atoms with van der Waals surface area (Å²) in [7, 11) is 0. The maximum Gasteiger partial charge on any atom is 0.310 e. The number of Topliss-reactive ketones (excluding diaryl/α,β-unsaturated/α-hetero) is 1. The van der Waals surface area contributed by atoms with E-state index in [1.807, 2.05) is 6.08 Å². The molecule has 4 rings (SSSR count). The third kappa shape index (κ3) is 1.70. The van der Waals surface area contributed by atoms with Gasteiger partial charge in [0.1, 0.15) is 0 Å². The summed E-state index contributed by atoms with van der Waals surface area (Å²) in [5.74, 6) is -2.94. The molecular formula is C18H22F2O2. The highest BCUT2D eigenvalue weighted by molar-refractivity contribution is 5.91. The number of hydrogen-bond donors (Lipinski definition) is 0. The van der Waals surface area contributed by atoms with E-state index in [9.17, 15) is 18.4 Å². The van der Waals surface area contributed by atoms with Crippen LogP contribution in [0.1, 0.15) is 51.9 Å². The molecule has 0 bridgehead atoms. The molecule has 0 amide bonds. The fraction of sp³-hybridized carbons (Fsp3) is 0.778. The van der Waals surface area contributed by atoms with Gasteiger partial charge in [-0.05, 0) is 61.9 Å². The first kappa shape index (κ1) is 14.5. The second kappa shape index (κ2) is 4.48. The maximum atomic E-state index is 14.4. The predicted molar refractivity (Wildman–Crippen MR) is 77.4 cm³/mol. The second-order valence-electron chi connectivity index (χ2n) is 7.96. The average molecular weight is 308 g/mol. The molecule has 0 aromatic carbocycles. The quantitative estimate of drug-likeness (QED) is 0.679. The second-order valence-corrected chi connectivity index (χ2v) is 7.96. The fourth-order valence-electron chi connectivity index (χ4n) is 5.91. The van der Waals surface area contributed by atoms with Gasteiger partial charge in [0.25, 0.3) is 0 Å². The Morgan fingerprint density at radius 2 is 1.86 bits per heavy atom. The molecule has 0 unspecified atom stereocenters. The standard InChI is InChI=1S/C18H22F2O2/c1-17-7-6-13-12-5-3-11(21)8-10(12)2-4-14(13)15(17)9-16(22)18(17,19)20/h8,12-15H,2-7,9H2,1H3/t12-,13+,14+,15-,17-/m0/s1. The van der Waals surface area contributed by atoms with Crippen LogP contribution in [-0.4, -0.2) is 17.5 Å². The molecule has 22 heavy (non-hydrogen) atoms. The topological polar surface area (TPSA) is 34.1 Å². The van der Waals surface area contributed by atoms with Gasteiger partial charge in [-0.25, -0.2) is 0 Å². The Morgan fingerprint density at radius 3 is 2.64 bits per heavy atom. The molecule has 0 N–H and O–H groups in total. The van der Waals surface area contributed by atoms with Crippen molar-refractivity contribution in [3.63, 3.8) is 0 Å². The van der Waals surface area contributed by atoms with Gasteiger partial charge < -0.3 is 0 Å². The lowest BCUT2D eigenvalue weighted by atomic mass is 9.52. The molecular weight excluding hydrogens is 286 g/mol. The van der Waals surface area contributed by atoms with Crippen LogP contribution in [-0.2, 0) is 9.59 Å². The largest absolute Gasteiger partial charge is 0.310 e. The summed E-state index contributed by atoms with van der Waals surface area (Å²) in [6.45, 7) is 1.63. The van der Waals surface area contributed by atoms with Crippen molar-refractivity contribution in [1.29, 1.82) is 0 Å². The number of alkyl halides is 2. The zero-order valence-corrected chi connectivity index (χ0v) is 12.9. The van der Waals surface area contributed by atoms with Crippen molar-refractivity contribution >= 4 is 11.6 Å². The van der Waals surface area contributed by atoms with Gasteiger partial charge >= 0.3 is 5.92 Å². The van der Waals surface area contributed by atoms with Gasteiger partial charge in [0.15, 0.2) is 5.78 Å². The number of halogens is 2. The lowest BCUT2D eigenvalue weighted by molar-refractivity contribution is -0.164. The van der Waals surface area contributed by atoms with E-state index >= 15 is 0 Å². The molecule has 0 heterocycles. The number of rotatable bonds is 0. The maximum absolute atomic E-state index is 14.4. The fourth-order valence-corrected chi connectivity index (χ4v) is 5.91. The molecule has 0 spiro atoms. The Hall–Kier alpha value is -1.06. The Balaban J connectivity index is 1.67. The van der Waals surface area contributed by atoms with Gasteiger partial charge in [-0.15, -0.1) is 0 Å². The molecule has 3 fully saturated rings. The van der Waals surface area contributed by atoms with E-state index in [-0.39, 0.29) is 24.0 Å². The lowest BCUT2D eigenvalue weighted by Gasteiger charge is -2.53. The monoisotopic (exact) mass is 308 g/mol. The SMILES string of the molecule is C[C@]12CC[C@H]3[C@@H](CCC4=CC(=O)CC[C@@H]43)[C@@H]1CC(=O)C2(F)F. The van der Waals surface area contributed by atoms with Gasteiger partial charge in [-0.2, -0.15) is 8.78 Å². The van der Waals surface area contributed by atoms with E-state index in [0.29, 0.717) is 24.7 Å². The zero-order valence-electron chi connectivity index (χ0n) is 12.9. The third-order valence-corrected chi connectivity index (χ3v) is 7.16. The summed E-state index contributed by atoms with van der Waals surface area (Å²) in [6.07, 6.45) is 6.26. The molecule has 0 aromatic rings. The number of carbonyl (C=O) groups is 2. The summed E-state index contributed by atoms with van der Waals surface area (Å²) < 4.78 is 28.8. The van der Waals surface area contributed by atoms with Crippen LogP contribution in [0.15, 0.2) is 11.6 Å². The van der Waals surface area contributed by atoms with Crippen LogP contribution in [0.25, 0.3) is 0 Å². The highest BCUT2D eigenvalue weighted by Gasteiger charge is 2.68. The van der Waals surface area contributed by atoms with E-state index in [1.165, 1.54) is 5.57 Å². The number of carbonyl (C=O) groups excluding carboxylic acids is 2. The molecule has 0 aromatic heterocycles. The van der Waals surface area contributed by atoms with Crippen molar-refractivity contribution in [1.82, 2.24) is 0 Å². The van der Waals surface area contributed by atoms with Crippen molar-refractivity contribution in [2.45, 2.75) is 57.8 Å². The number of fused-ring (bicyclic) bond motifs is 5. The lowest BCUT2D eigenvalue weighted by Crippen LogP contribution is -2.50. The Morgan fingerprint density at radius 1 is 1.09 bits per heavy atom. The zero-order chi connectivity index (χ0) is 15.7. The van der Waals surface area contributed by atoms with Crippen molar-refractivity contribution in [3.8, 4) is 0 Å². The van der Waals surface area contributed by atoms with Crippen molar-refractivity contribution in [2.75, 3.05) is 0 Å². The smallest absolute Gasteiger partial charge is 0.295 e. The average Bonchev–Trinajstić information content (AvgIpc) is 2.66. The molecule has 120 valence electrons. The highest BCUT2D eigenvalue weighted by Crippen LogP contribution is 2.65. The number of ketones is 2. The highest BCUT2D eigenvalue weighted by atomic mass is 19.3. The number of allylic oxidation sites excluding steroid dienone is 1. The van der Waals surface area contributed by atoms with Gasteiger partial charge in [0.05, 0.1) is 0 Å². The van der Waals surface area contributed by atoms with E-state index in [1.54, 1.807) is 6.92 Å². The van der Waals surface area contributed by atoms with Gasteiger partial charge in [0.2, 0.25) is 5.78 Å². The van der Waals surface area contributed by atoms with Crippen molar-refractivity contribution in [3.05, 3.63) is 11.6 Å². The summed E-state index contributed by atoms with van der Waals surface area (Å²) in [4.78, 5) is 23.5. The van der Waals surface area contributed by atoms with Gasteiger partial charge in [-0.1, -0.05) is 12.5 Å². The summed E-state index contributed by atoms with van der Waals surface area (Å²) in [6, 6.07) is 0. The van der Waals surface area contributed by atoms with Gasteiger partial charge in [0, 0.05) is 18.3 Å². The van der Waals surface area contributed by atoms with Crippen LogP contribution in [0.2, 0.25) is 0 Å². The van der Waals surface area contributed by atoms with Crippen molar-refractivity contribution in [2.24, 2.45) is 29.1 Å². The summed E-state index contributed by atoms with van der Waals surface area (Å²) >= 11 is 0. The minimum Gasteiger partial charge on any atom is -0.295 e. The van der Waals surface area contributed by atoms with E-state index < -0.39 is 17.1 Å². The van der Waals surface area contributed by atoms with Crippen molar-refractivity contribution < 1.29 is 18.4 Å². The first-order chi connectivity index (χ1) is 10.3. The molecule has 4 aliphatic rings. The first-order valence-electron chi connectivity index (χ1n) is 8.49. The molecule has 3 saturated carbocycles. The third-order valence-electron chi connectivity index (χ3n) is 7.16. The molecule has 4 heteroatoms. The normalized spacial score (nSPS) is 46.6. The summed E-state index contributed by atoms with van der Waals surface area (Å²) in [5, 5.41) is 0. The van der Waals surface area contributed by atoms with E-state index in [4.69, 9.17) is 0 Å². The van der Waals surface area contributed by atoms with Crippen LogP contribution in [0.3, 0.4) is 0 Å². The molecule has 2 nitrogen and oxygen atoms in total. The molecule has 0 saturated heterocycles. The van der Waals surface area contributed by atoms with Crippen LogP contribution in [0.4, 0.5) is 8.78 Å². The predicted octanol–water partition coefficient (Wildman–Crippen LogP) is 3.94. The Kier molecular flexibility index (Phi) is 2.96. The minimum atomic E-state index is -3.15. The van der Waals surface area contributed by atoms with Crippen LogP contribution in [0, 0.1) is 29.1 Å². The Labute approximate surface area is 129 Å². The Bertz CT molecular complexity index is 580. The molecule has 4 aliphatic carbocycles. The van der Waals surface area contributed by atoms with Crippen LogP contribution < -0.4 is 0 Å². The van der Waals surface area contributed by atoms with Gasteiger partial charge in [-0.3, -0.25) is 9.59 Å². The molecule has 5 atom stereocenters. The molecule has 0 aliphatic heterocycles. The van der Waals surface area contributed by atoms with E-state index in [2.05, 4.69) is 0 Å². The molecule has 0 radical (unpaired) electrons. The first-order valence-corrected chi connectivity index (χ1v) is 8.49. The van der Waals surface area contributed by atoms with Crippen LogP contribution in [0.5, 0.6) is 0 Å². The van der Waals surface area contributed by atoms with Crippen LogP contribution >= 0.6 is 0 Å². The summed E-state index contributed by atoms with van der Waals surface area (Å²) in [5.41, 5.74) is 0.105. The minimum absolute atomic E-state index is 0.0510.